The summed E-state index contributed by atoms with van der Waals surface area (Å²) in [6.45, 7) is 12.0. The summed E-state index contributed by atoms with van der Waals surface area (Å²) in [4.78, 5) is 44.4. The molecule has 0 spiro atoms. The van der Waals surface area contributed by atoms with E-state index in [2.05, 4.69) is 5.32 Å². The monoisotopic (exact) mass is 732 g/mol. The fourth-order valence-corrected chi connectivity index (χ4v) is 6.76. The van der Waals surface area contributed by atoms with Crippen LogP contribution >= 0.6 is 0 Å². The van der Waals surface area contributed by atoms with Crippen molar-refractivity contribution < 1.29 is 36.3 Å². The molecule has 8 nitrogen and oxygen atoms in total. The van der Waals surface area contributed by atoms with Gasteiger partial charge in [0.15, 0.2) is 0 Å². The summed E-state index contributed by atoms with van der Waals surface area (Å²) in [5.74, 6) is -3.91. The van der Waals surface area contributed by atoms with Gasteiger partial charge in [-0.3, -0.25) is 14.4 Å². The highest BCUT2D eigenvalue weighted by molar-refractivity contribution is 5.82. The number of hydrogen-bond donors (Lipinski definition) is 1. The van der Waals surface area contributed by atoms with E-state index in [4.69, 9.17) is 4.74 Å². The number of carbonyl (C=O) groups is 2. The van der Waals surface area contributed by atoms with Gasteiger partial charge in [-0.15, -0.1) is 0 Å². The van der Waals surface area contributed by atoms with Crippen molar-refractivity contribution >= 4 is 17.6 Å². The van der Waals surface area contributed by atoms with E-state index in [1.165, 1.54) is 13.0 Å². The third-order valence-corrected chi connectivity index (χ3v) is 9.51. The van der Waals surface area contributed by atoms with Gasteiger partial charge in [0.2, 0.25) is 5.91 Å². The van der Waals surface area contributed by atoms with Crippen molar-refractivity contribution in [2.24, 2.45) is 5.92 Å². The number of ether oxygens (including phenoxy) is 1. The summed E-state index contributed by atoms with van der Waals surface area (Å²) < 4.78 is 81.4. The first-order valence-electron chi connectivity index (χ1n) is 17.6. The minimum atomic E-state index is -4.80. The molecule has 0 bridgehead atoms. The Bertz CT molecular complexity index is 1830. The number of halogens is 5. The van der Waals surface area contributed by atoms with Gasteiger partial charge < -0.3 is 24.4 Å². The lowest BCUT2D eigenvalue weighted by atomic mass is 9.89. The normalized spacial score (nSPS) is 14.6. The molecule has 0 saturated carbocycles. The van der Waals surface area contributed by atoms with E-state index in [-0.39, 0.29) is 42.1 Å². The molecule has 1 fully saturated rings. The number of nitrogens with one attached hydrogen (secondary N) is 1. The summed E-state index contributed by atoms with van der Waals surface area (Å²) in [6, 6.07) is 2.67. The molecule has 1 aliphatic heterocycles. The first-order chi connectivity index (χ1) is 24.3. The van der Waals surface area contributed by atoms with Crippen LogP contribution in [0.15, 0.2) is 35.3 Å². The van der Waals surface area contributed by atoms with Crippen LogP contribution in [0.5, 0.6) is 0 Å². The SMILES string of the molecule is CCOC(=O)C[C@H](NC(=O)[C@H](CC(C)C)n1cc(CCN2CCC2)c(C(F)(F)F)cc1=O)c1c(F)c(C)cc(-c2c(C)cc(N(C)C)cc2C)c1F. The molecule has 3 aromatic rings. The van der Waals surface area contributed by atoms with Crippen LogP contribution in [-0.4, -0.2) is 61.7 Å². The molecule has 1 N–H and O–H groups in total. The van der Waals surface area contributed by atoms with E-state index < -0.39 is 64.9 Å². The Kier molecular flexibility index (Phi) is 12.9. The molecule has 1 aliphatic rings. The van der Waals surface area contributed by atoms with Crippen LogP contribution in [0, 0.1) is 38.3 Å². The number of alkyl halides is 3. The molecule has 13 heteroatoms. The Balaban J connectivity index is 1.84. The second-order valence-corrected chi connectivity index (χ2v) is 14.2. The molecule has 4 rings (SSSR count). The van der Waals surface area contributed by atoms with Crippen LogP contribution in [0.1, 0.15) is 85.5 Å². The molecule has 52 heavy (non-hydrogen) atoms. The zero-order chi connectivity index (χ0) is 38.7. The molecule has 0 unspecified atom stereocenters. The van der Waals surface area contributed by atoms with Gasteiger partial charge in [0.25, 0.3) is 5.56 Å². The largest absolute Gasteiger partial charge is 0.466 e. The molecule has 2 atom stereocenters. The summed E-state index contributed by atoms with van der Waals surface area (Å²) in [5, 5.41) is 2.61. The molecular formula is C39H49F5N4O4. The Morgan fingerprint density at radius 2 is 1.62 bits per heavy atom. The molecular weight excluding hydrogens is 683 g/mol. The lowest BCUT2D eigenvalue weighted by Crippen LogP contribution is -2.41. The summed E-state index contributed by atoms with van der Waals surface area (Å²) in [7, 11) is 3.74. The van der Waals surface area contributed by atoms with Crippen molar-refractivity contribution in [2.75, 3.05) is 45.2 Å². The summed E-state index contributed by atoms with van der Waals surface area (Å²) in [5.41, 5.74) is 0.140. The number of likely N-dealkylation sites (tertiary alicyclic amines) is 1. The maximum atomic E-state index is 16.8. The van der Waals surface area contributed by atoms with E-state index >= 15 is 8.78 Å². The van der Waals surface area contributed by atoms with E-state index in [9.17, 15) is 27.6 Å². The number of benzene rings is 2. The number of anilines is 1. The lowest BCUT2D eigenvalue weighted by Gasteiger charge is -2.31. The van der Waals surface area contributed by atoms with Crippen LogP contribution in [0.3, 0.4) is 0 Å². The molecule has 1 saturated heterocycles. The van der Waals surface area contributed by atoms with Gasteiger partial charge in [-0.05, 0) is 112 Å². The highest BCUT2D eigenvalue weighted by Gasteiger charge is 2.37. The van der Waals surface area contributed by atoms with E-state index in [0.717, 1.165) is 36.0 Å². The summed E-state index contributed by atoms with van der Waals surface area (Å²) >= 11 is 0. The van der Waals surface area contributed by atoms with Crippen molar-refractivity contribution in [3.8, 4) is 11.1 Å². The number of aryl methyl sites for hydroxylation is 3. The number of aromatic nitrogens is 1. The first-order valence-corrected chi connectivity index (χ1v) is 17.6. The molecule has 0 radical (unpaired) electrons. The fraction of sp³-hybridized carbons (Fsp3) is 0.513. The third-order valence-electron chi connectivity index (χ3n) is 9.51. The van der Waals surface area contributed by atoms with Gasteiger partial charge in [0.1, 0.15) is 17.7 Å². The van der Waals surface area contributed by atoms with Gasteiger partial charge >= 0.3 is 12.1 Å². The zero-order valence-corrected chi connectivity index (χ0v) is 31.1. The quantitative estimate of drug-likeness (QED) is 0.137. The fourth-order valence-electron chi connectivity index (χ4n) is 6.76. The first kappa shape index (κ1) is 40.5. The Labute approximate surface area is 301 Å². The average Bonchev–Trinajstić information content (AvgIpc) is 3.01. The molecule has 1 aromatic heterocycles. The van der Waals surface area contributed by atoms with Crippen molar-refractivity contribution in [1.29, 1.82) is 0 Å². The molecule has 2 heterocycles. The maximum Gasteiger partial charge on any atom is 0.416 e. The van der Waals surface area contributed by atoms with Gasteiger partial charge in [-0.1, -0.05) is 13.8 Å². The Morgan fingerprint density at radius 3 is 2.13 bits per heavy atom. The number of pyridine rings is 1. The maximum absolute atomic E-state index is 16.8. The minimum absolute atomic E-state index is 0.00648. The number of carbonyl (C=O) groups excluding carboxylic acids is 2. The molecule has 2 aromatic carbocycles. The van der Waals surface area contributed by atoms with Gasteiger partial charge in [-0.2, -0.15) is 13.2 Å². The summed E-state index contributed by atoms with van der Waals surface area (Å²) in [6.07, 6.45) is -3.42. The van der Waals surface area contributed by atoms with Crippen LogP contribution in [0.4, 0.5) is 27.6 Å². The van der Waals surface area contributed by atoms with E-state index in [1.807, 2.05) is 36.0 Å². The number of nitrogens with zero attached hydrogens (tertiary/aromatic N) is 3. The standard InChI is InChI=1S/C39H49F5N4O4/c1-9-52-33(50)20-30(35-36(40)25(6)18-28(37(35)41)34-23(4)16-27(46(7)8)17-24(34)5)45-38(51)31(15-22(2)3)48-21-26(11-14-47-12-10-13-47)29(19-32(48)49)39(42,43)44/h16-19,21-22,30-31H,9-15,20H2,1-8H3,(H,45,51)/t30-,31-/m0/s1. The number of hydrogen-bond acceptors (Lipinski definition) is 6. The zero-order valence-electron chi connectivity index (χ0n) is 31.1. The third kappa shape index (κ3) is 9.20. The predicted octanol–water partition coefficient (Wildman–Crippen LogP) is 7.45. The van der Waals surface area contributed by atoms with Crippen molar-refractivity contribution in [3.63, 3.8) is 0 Å². The number of rotatable bonds is 14. The van der Waals surface area contributed by atoms with Gasteiger partial charge in [0, 0.05) is 49.7 Å². The molecule has 284 valence electrons. The van der Waals surface area contributed by atoms with E-state index in [1.54, 1.807) is 34.6 Å². The topological polar surface area (TPSA) is 83.9 Å². The average molecular weight is 733 g/mol. The molecule has 1 amide bonds. The van der Waals surface area contributed by atoms with Crippen LogP contribution in [0.2, 0.25) is 0 Å². The predicted molar refractivity (Wildman–Crippen MR) is 191 cm³/mol. The van der Waals surface area contributed by atoms with E-state index in [0.29, 0.717) is 29.3 Å². The van der Waals surface area contributed by atoms with Crippen LogP contribution in [0.25, 0.3) is 11.1 Å². The highest BCUT2D eigenvalue weighted by Crippen LogP contribution is 2.39. The van der Waals surface area contributed by atoms with Crippen molar-refractivity contribution in [3.05, 3.63) is 85.8 Å². The van der Waals surface area contributed by atoms with Crippen LogP contribution < -0.4 is 15.8 Å². The minimum Gasteiger partial charge on any atom is -0.466 e. The number of amides is 1. The lowest BCUT2D eigenvalue weighted by molar-refractivity contribution is -0.144. The van der Waals surface area contributed by atoms with Gasteiger partial charge in [-0.25, -0.2) is 8.78 Å². The van der Waals surface area contributed by atoms with Crippen molar-refractivity contribution in [2.45, 2.75) is 85.5 Å². The van der Waals surface area contributed by atoms with Crippen LogP contribution in [-0.2, 0) is 26.9 Å². The Hall–Kier alpha value is -4.26. The van der Waals surface area contributed by atoms with Gasteiger partial charge in [0.05, 0.1) is 24.6 Å². The highest BCUT2D eigenvalue weighted by atomic mass is 19.4. The Morgan fingerprint density at radius 1 is 0.981 bits per heavy atom. The van der Waals surface area contributed by atoms with Crippen molar-refractivity contribution in [1.82, 2.24) is 14.8 Å². The number of esters is 1. The second-order valence-electron chi connectivity index (χ2n) is 14.2. The molecule has 0 aliphatic carbocycles. The smallest absolute Gasteiger partial charge is 0.416 e. The second kappa shape index (κ2) is 16.6.